The topological polar surface area (TPSA) is 106 Å². The number of aryl methyl sites for hydroxylation is 2. The standard InChI is InChI=1S/C17H18FN3O5/c1-10-2-3-11(8-12(10)18)16-19-14(26-20-16)4-5-15(22)21-6-7-25-13(9-21)17(23)24/h2-3,8,13H,4-7,9H2,1H3,(H,23,24). The van der Waals surface area contributed by atoms with Crippen LogP contribution >= 0.6 is 0 Å². The van der Waals surface area contributed by atoms with Gasteiger partial charge in [-0.2, -0.15) is 4.98 Å². The van der Waals surface area contributed by atoms with Crippen LogP contribution in [0.5, 0.6) is 0 Å². The van der Waals surface area contributed by atoms with E-state index < -0.39 is 12.1 Å². The molecule has 3 rings (SSSR count). The minimum absolute atomic E-state index is 0.0197. The van der Waals surface area contributed by atoms with E-state index in [9.17, 15) is 14.0 Å². The number of amides is 1. The Balaban J connectivity index is 1.58. The van der Waals surface area contributed by atoms with Gasteiger partial charge in [-0.3, -0.25) is 4.79 Å². The minimum atomic E-state index is -1.09. The van der Waals surface area contributed by atoms with Gasteiger partial charge in [-0.1, -0.05) is 17.3 Å². The summed E-state index contributed by atoms with van der Waals surface area (Å²) in [7, 11) is 0. The molecule has 1 fully saturated rings. The van der Waals surface area contributed by atoms with Crippen LogP contribution in [0.15, 0.2) is 22.7 Å². The smallest absolute Gasteiger partial charge is 0.334 e. The first kappa shape index (κ1) is 18.0. The maximum Gasteiger partial charge on any atom is 0.334 e. The van der Waals surface area contributed by atoms with Crippen molar-refractivity contribution in [3.63, 3.8) is 0 Å². The van der Waals surface area contributed by atoms with Crippen LogP contribution in [0.1, 0.15) is 17.9 Å². The van der Waals surface area contributed by atoms with E-state index in [2.05, 4.69) is 10.1 Å². The second-order valence-corrected chi connectivity index (χ2v) is 6.01. The van der Waals surface area contributed by atoms with Gasteiger partial charge in [-0.15, -0.1) is 0 Å². The number of aromatic nitrogens is 2. The second kappa shape index (κ2) is 7.61. The number of hydrogen-bond acceptors (Lipinski definition) is 6. The number of halogens is 1. The average molecular weight is 363 g/mol. The molecule has 1 aliphatic heterocycles. The van der Waals surface area contributed by atoms with E-state index >= 15 is 0 Å². The maximum absolute atomic E-state index is 13.6. The quantitative estimate of drug-likeness (QED) is 0.856. The third-order valence-corrected chi connectivity index (χ3v) is 4.15. The summed E-state index contributed by atoms with van der Waals surface area (Å²) in [5.41, 5.74) is 1.01. The Labute approximate surface area is 148 Å². The molecule has 2 heterocycles. The Bertz CT molecular complexity index is 822. The fourth-order valence-corrected chi connectivity index (χ4v) is 2.60. The summed E-state index contributed by atoms with van der Waals surface area (Å²) in [4.78, 5) is 28.8. The zero-order valence-corrected chi connectivity index (χ0v) is 14.1. The SMILES string of the molecule is Cc1ccc(-c2noc(CCC(=O)N3CCOC(C(=O)O)C3)n2)cc1F. The molecule has 2 aromatic rings. The number of hydrogen-bond donors (Lipinski definition) is 1. The molecule has 1 aliphatic rings. The predicted octanol–water partition coefficient (Wildman–Crippen LogP) is 1.43. The largest absolute Gasteiger partial charge is 0.479 e. The van der Waals surface area contributed by atoms with E-state index in [1.54, 1.807) is 19.1 Å². The summed E-state index contributed by atoms with van der Waals surface area (Å²) in [6.45, 7) is 2.21. The van der Waals surface area contributed by atoms with E-state index in [0.717, 1.165) is 0 Å². The summed E-state index contributed by atoms with van der Waals surface area (Å²) < 4.78 is 23.8. The Morgan fingerprint density at radius 3 is 2.96 bits per heavy atom. The molecule has 0 saturated carbocycles. The molecule has 0 bridgehead atoms. The molecule has 1 amide bonds. The first-order valence-corrected chi connectivity index (χ1v) is 8.15. The Hall–Kier alpha value is -2.81. The van der Waals surface area contributed by atoms with E-state index in [1.165, 1.54) is 11.0 Å². The van der Waals surface area contributed by atoms with Crippen LogP contribution < -0.4 is 0 Å². The molecule has 8 nitrogen and oxygen atoms in total. The van der Waals surface area contributed by atoms with E-state index in [0.29, 0.717) is 17.7 Å². The summed E-state index contributed by atoms with van der Waals surface area (Å²) in [5.74, 6) is -1.14. The normalized spacial score (nSPS) is 17.3. The summed E-state index contributed by atoms with van der Waals surface area (Å²) >= 11 is 0. The lowest BCUT2D eigenvalue weighted by Gasteiger charge is -2.30. The maximum atomic E-state index is 13.6. The van der Waals surface area contributed by atoms with Crippen molar-refractivity contribution in [2.75, 3.05) is 19.7 Å². The monoisotopic (exact) mass is 363 g/mol. The zero-order chi connectivity index (χ0) is 18.7. The number of carboxylic acid groups (broad SMARTS) is 1. The van der Waals surface area contributed by atoms with E-state index in [4.69, 9.17) is 14.4 Å². The number of morpholine rings is 1. The Kier molecular flexibility index (Phi) is 5.27. The van der Waals surface area contributed by atoms with Crippen molar-refractivity contribution in [1.29, 1.82) is 0 Å². The third kappa shape index (κ3) is 4.05. The van der Waals surface area contributed by atoms with Crippen LogP contribution in [0.2, 0.25) is 0 Å². The molecule has 1 aromatic carbocycles. The number of aliphatic carboxylic acids is 1. The molecule has 9 heteroatoms. The highest BCUT2D eigenvalue weighted by molar-refractivity contribution is 5.78. The average Bonchev–Trinajstić information content (AvgIpc) is 3.11. The van der Waals surface area contributed by atoms with Gasteiger partial charge in [-0.05, 0) is 18.6 Å². The highest BCUT2D eigenvalue weighted by Crippen LogP contribution is 2.19. The molecule has 1 N–H and O–H groups in total. The number of nitrogens with zero attached hydrogens (tertiary/aromatic N) is 3. The van der Waals surface area contributed by atoms with Crippen molar-refractivity contribution < 1.29 is 28.3 Å². The highest BCUT2D eigenvalue weighted by Gasteiger charge is 2.28. The Morgan fingerprint density at radius 1 is 1.42 bits per heavy atom. The van der Waals surface area contributed by atoms with Crippen LogP contribution in [-0.2, 0) is 20.7 Å². The predicted molar refractivity (Wildman–Crippen MR) is 86.7 cm³/mol. The number of rotatable bonds is 5. The van der Waals surface area contributed by atoms with Gasteiger partial charge in [0.2, 0.25) is 17.6 Å². The molecule has 1 atom stereocenters. The molecule has 1 aromatic heterocycles. The van der Waals surface area contributed by atoms with Crippen LogP contribution in [0.4, 0.5) is 4.39 Å². The molecule has 138 valence electrons. The highest BCUT2D eigenvalue weighted by atomic mass is 19.1. The molecule has 1 unspecified atom stereocenters. The number of carbonyl (C=O) groups is 2. The van der Waals surface area contributed by atoms with Crippen LogP contribution in [0.25, 0.3) is 11.4 Å². The number of carbonyl (C=O) groups excluding carboxylic acids is 1. The van der Waals surface area contributed by atoms with Crippen LogP contribution in [-0.4, -0.2) is 57.8 Å². The van der Waals surface area contributed by atoms with E-state index in [1.807, 2.05) is 0 Å². The van der Waals surface area contributed by atoms with Gasteiger partial charge >= 0.3 is 5.97 Å². The van der Waals surface area contributed by atoms with Gasteiger partial charge in [0.1, 0.15) is 5.82 Å². The van der Waals surface area contributed by atoms with Crippen LogP contribution in [0, 0.1) is 12.7 Å². The molecule has 1 saturated heterocycles. The summed E-state index contributed by atoms with van der Waals surface area (Å²) in [6, 6.07) is 4.65. The summed E-state index contributed by atoms with van der Waals surface area (Å²) in [6.07, 6.45) is -0.676. The minimum Gasteiger partial charge on any atom is -0.479 e. The molecule has 0 radical (unpaired) electrons. The second-order valence-electron chi connectivity index (χ2n) is 6.01. The van der Waals surface area contributed by atoms with E-state index in [-0.39, 0.29) is 49.4 Å². The first-order chi connectivity index (χ1) is 12.4. The molecule has 26 heavy (non-hydrogen) atoms. The van der Waals surface area contributed by atoms with Crippen LogP contribution in [0.3, 0.4) is 0 Å². The third-order valence-electron chi connectivity index (χ3n) is 4.15. The van der Waals surface area contributed by atoms with Crippen molar-refractivity contribution in [3.05, 3.63) is 35.5 Å². The molecular formula is C17H18FN3O5. The lowest BCUT2D eigenvalue weighted by atomic mass is 10.1. The van der Waals surface area contributed by atoms with Crippen molar-refractivity contribution in [3.8, 4) is 11.4 Å². The molecule has 0 aliphatic carbocycles. The van der Waals surface area contributed by atoms with Crippen molar-refractivity contribution >= 4 is 11.9 Å². The van der Waals surface area contributed by atoms with Crippen molar-refractivity contribution in [1.82, 2.24) is 15.0 Å². The molecular weight excluding hydrogens is 345 g/mol. The van der Waals surface area contributed by atoms with Gasteiger partial charge in [0, 0.05) is 24.9 Å². The lowest BCUT2D eigenvalue weighted by molar-refractivity contribution is -0.159. The van der Waals surface area contributed by atoms with Gasteiger partial charge in [0.25, 0.3) is 0 Å². The number of ether oxygens (including phenoxy) is 1. The fourth-order valence-electron chi connectivity index (χ4n) is 2.60. The summed E-state index contributed by atoms with van der Waals surface area (Å²) in [5, 5.41) is 12.8. The number of carboxylic acids is 1. The van der Waals surface area contributed by atoms with Gasteiger partial charge in [-0.25, -0.2) is 9.18 Å². The zero-order valence-electron chi connectivity index (χ0n) is 14.1. The van der Waals surface area contributed by atoms with Gasteiger partial charge in [0.15, 0.2) is 6.10 Å². The molecule has 0 spiro atoms. The number of benzene rings is 1. The van der Waals surface area contributed by atoms with Gasteiger partial charge < -0.3 is 19.3 Å². The van der Waals surface area contributed by atoms with Crippen molar-refractivity contribution in [2.45, 2.75) is 25.9 Å². The lowest BCUT2D eigenvalue weighted by Crippen LogP contribution is -2.48. The first-order valence-electron chi connectivity index (χ1n) is 8.15. The fraction of sp³-hybridized carbons (Fsp3) is 0.412. The van der Waals surface area contributed by atoms with Gasteiger partial charge in [0.05, 0.1) is 13.2 Å². The van der Waals surface area contributed by atoms with Crippen molar-refractivity contribution in [2.24, 2.45) is 0 Å². The Morgan fingerprint density at radius 2 is 2.23 bits per heavy atom.